The fourth-order valence-corrected chi connectivity index (χ4v) is 5.07. The molecule has 4 rings (SSSR count). The molecule has 2 amide bonds. The number of hydrogen-bond donors (Lipinski definition) is 0. The quantitative estimate of drug-likeness (QED) is 0.404. The molecule has 0 radical (unpaired) electrons. The number of carbonyl (C=O) groups is 2. The van der Waals surface area contributed by atoms with Crippen LogP contribution in [0.5, 0.6) is 11.5 Å². The van der Waals surface area contributed by atoms with Gasteiger partial charge in [-0.15, -0.1) is 17.9 Å². The van der Waals surface area contributed by atoms with Crippen molar-refractivity contribution in [1.29, 1.82) is 0 Å². The number of rotatable bonds is 9. The third-order valence-electron chi connectivity index (χ3n) is 5.92. The van der Waals surface area contributed by atoms with Crippen LogP contribution in [-0.2, 0) is 11.2 Å². The first kappa shape index (κ1) is 24.5. The van der Waals surface area contributed by atoms with Crippen molar-refractivity contribution in [3.8, 4) is 11.5 Å². The summed E-state index contributed by atoms with van der Waals surface area (Å²) in [4.78, 5) is 31.0. The minimum absolute atomic E-state index is 0.114. The van der Waals surface area contributed by atoms with Crippen molar-refractivity contribution in [3.63, 3.8) is 0 Å². The lowest BCUT2D eigenvalue weighted by atomic mass is 10.0. The molecule has 1 unspecified atom stereocenters. The molecule has 0 N–H and O–H groups in total. The number of methoxy groups -OCH3 is 1. The van der Waals surface area contributed by atoms with E-state index in [0.29, 0.717) is 23.6 Å². The highest BCUT2D eigenvalue weighted by Crippen LogP contribution is 2.34. The molecule has 1 aliphatic heterocycles. The molecule has 35 heavy (non-hydrogen) atoms. The predicted octanol–water partition coefficient (Wildman–Crippen LogP) is 4.73. The van der Waals surface area contributed by atoms with Crippen molar-refractivity contribution in [2.75, 3.05) is 33.4 Å². The van der Waals surface area contributed by atoms with Gasteiger partial charge in [0, 0.05) is 29.6 Å². The number of fused-ring (bicyclic) bond motifs is 1. The first-order chi connectivity index (χ1) is 17.0. The number of carbonyl (C=O) groups excluding carboxylic acids is 2. The van der Waals surface area contributed by atoms with Crippen molar-refractivity contribution < 1.29 is 23.5 Å². The normalized spacial score (nSPS) is 14.7. The maximum Gasteiger partial charge on any atom is 0.254 e. The van der Waals surface area contributed by atoms with Gasteiger partial charge < -0.3 is 19.3 Å². The molecule has 1 aliphatic rings. The first-order valence-electron chi connectivity index (χ1n) is 11.3. The van der Waals surface area contributed by atoms with Crippen LogP contribution in [0.3, 0.4) is 0 Å². The summed E-state index contributed by atoms with van der Waals surface area (Å²) in [6.45, 7) is 4.61. The maximum atomic E-state index is 13.5. The number of ether oxygens (including phenoxy) is 2. The summed E-state index contributed by atoms with van der Waals surface area (Å²) in [6, 6.07) is 14.4. The van der Waals surface area contributed by atoms with E-state index in [1.54, 1.807) is 35.5 Å². The van der Waals surface area contributed by atoms with E-state index >= 15 is 0 Å². The molecular weight excluding hydrogens is 467 g/mol. The van der Waals surface area contributed by atoms with Crippen LogP contribution in [0.25, 0.3) is 0 Å². The molecule has 2 aromatic carbocycles. The molecule has 0 aliphatic carbocycles. The smallest absolute Gasteiger partial charge is 0.254 e. The molecule has 0 bridgehead atoms. The Bertz CT molecular complexity index is 1190. The van der Waals surface area contributed by atoms with Crippen LogP contribution in [0, 0.1) is 5.82 Å². The van der Waals surface area contributed by atoms with E-state index in [4.69, 9.17) is 9.47 Å². The molecule has 0 spiro atoms. The van der Waals surface area contributed by atoms with Gasteiger partial charge in [0.1, 0.15) is 30.5 Å². The van der Waals surface area contributed by atoms with E-state index in [9.17, 15) is 14.0 Å². The Morgan fingerprint density at radius 3 is 2.71 bits per heavy atom. The summed E-state index contributed by atoms with van der Waals surface area (Å²) in [6.07, 6.45) is 2.33. The highest BCUT2D eigenvalue weighted by Gasteiger charge is 2.33. The third kappa shape index (κ3) is 5.71. The number of halogens is 1. The summed E-state index contributed by atoms with van der Waals surface area (Å²) in [5.74, 6) is 0.384. The lowest BCUT2D eigenvalue weighted by molar-refractivity contribution is -0.135. The molecule has 3 aromatic rings. The minimum atomic E-state index is -0.424. The van der Waals surface area contributed by atoms with Crippen LogP contribution in [0.15, 0.2) is 72.6 Å². The average molecular weight is 495 g/mol. The Hall–Kier alpha value is -3.65. The molecule has 8 heteroatoms. The summed E-state index contributed by atoms with van der Waals surface area (Å²) in [5.41, 5.74) is 1.38. The van der Waals surface area contributed by atoms with Crippen molar-refractivity contribution in [2.24, 2.45) is 0 Å². The van der Waals surface area contributed by atoms with Gasteiger partial charge in [0.15, 0.2) is 0 Å². The van der Waals surface area contributed by atoms with E-state index in [1.165, 1.54) is 34.0 Å². The Labute approximate surface area is 208 Å². The zero-order valence-corrected chi connectivity index (χ0v) is 20.3. The Morgan fingerprint density at radius 1 is 1.20 bits per heavy atom. The molecular formula is C27H27FN2O4S. The van der Waals surface area contributed by atoms with E-state index in [1.807, 2.05) is 29.6 Å². The number of thiophene rings is 1. The van der Waals surface area contributed by atoms with Gasteiger partial charge >= 0.3 is 0 Å². The molecule has 0 saturated heterocycles. The highest BCUT2D eigenvalue weighted by atomic mass is 32.1. The standard InChI is InChI=1S/C27H27FN2O4S/c1-3-13-29(27(32)19-7-9-20(28)10-8-19)17-26(31)30-14-11-25-23(12-15-35-25)24(30)18-34-22-6-4-5-21(16-22)33-2/h3-10,12,15-16,24H,1,11,13-14,17-18H2,2H3. The second kappa shape index (κ2) is 11.2. The largest absolute Gasteiger partial charge is 0.497 e. The van der Waals surface area contributed by atoms with Gasteiger partial charge in [-0.1, -0.05) is 12.1 Å². The molecule has 0 fully saturated rings. The Morgan fingerprint density at radius 2 is 1.97 bits per heavy atom. The predicted molar refractivity (Wildman–Crippen MR) is 133 cm³/mol. The van der Waals surface area contributed by atoms with Crippen LogP contribution in [0.4, 0.5) is 4.39 Å². The maximum absolute atomic E-state index is 13.5. The monoisotopic (exact) mass is 494 g/mol. The van der Waals surface area contributed by atoms with Gasteiger partial charge in [0.2, 0.25) is 5.91 Å². The summed E-state index contributed by atoms with van der Waals surface area (Å²) < 4.78 is 24.7. The number of benzene rings is 2. The number of nitrogens with zero attached hydrogens (tertiary/aromatic N) is 2. The molecule has 0 saturated carbocycles. The van der Waals surface area contributed by atoms with Crippen LogP contribution in [0.1, 0.15) is 26.8 Å². The van der Waals surface area contributed by atoms with Gasteiger partial charge in [-0.25, -0.2) is 4.39 Å². The average Bonchev–Trinajstić information content (AvgIpc) is 3.36. The minimum Gasteiger partial charge on any atom is -0.497 e. The van der Waals surface area contributed by atoms with Crippen LogP contribution in [0.2, 0.25) is 0 Å². The molecule has 1 atom stereocenters. The van der Waals surface area contributed by atoms with Crippen LogP contribution < -0.4 is 9.47 Å². The third-order valence-corrected chi connectivity index (χ3v) is 6.91. The van der Waals surface area contributed by atoms with Gasteiger partial charge in [-0.3, -0.25) is 9.59 Å². The number of hydrogen-bond acceptors (Lipinski definition) is 5. The zero-order valence-electron chi connectivity index (χ0n) is 19.5. The van der Waals surface area contributed by atoms with E-state index in [2.05, 4.69) is 6.58 Å². The van der Waals surface area contributed by atoms with Crippen LogP contribution >= 0.6 is 11.3 Å². The fraction of sp³-hybridized carbons (Fsp3) is 0.259. The molecule has 6 nitrogen and oxygen atoms in total. The summed E-state index contributed by atoms with van der Waals surface area (Å²) in [7, 11) is 1.60. The lowest BCUT2D eigenvalue weighted by Gasteiger charge is -2.37. The zero-order chi connectivity index (χ0) is 24.8. The Kier molecular flexibility index (Phi) is 7.82. The van der Waals surface area contributed by atoms with Crippen LogP contribution in [-0.4, -0.2) is 55.0 Å². The first-order valence-corrected chi connectivity index (χ1v) is 12.2. The molecule has 1 aromatic heterocycles. The van der Waals surface area contributed by atoms with Crippen molar-refractivity contribution in [2.45, 2.75) is 12.5 Å². The van der Waals surface area contributed by atoms with Gasteiger partial charge in [-0.2, -0.15) is 0 Å². The van der Waals surface area contributed by atoms with Gasteiger partial charge in [-0.05, 0) is 59.8 Å². The van der Waals surface area contributed by atoms with Crippen molar-refractivity contribution in [3.05, 3.63) is 94.5 Å². The second-order valence-electron chi connectivity index (χ2n) is 8.12. The number of amides is 2. The van der Waals surface area contributed by atoms with E-state index in [-0.39, 0.29) is 37.6 Å². The van der Waals surface area contributed by atoms with Crippen molar-refractivity contribution in [1.82, 2.24) is 9.80 Å². The summed E-state index contributed by atoms with van der Waals surface area (Å²) >= 11 is 1.67. The van der Waals surface area contributed by atoms with Gasteiger partial charge in [0.25, 0.3) is 5.91 Å². The van der Waals surface area contributed by atoms with E-state index < -0.39 is 5.82 Å². The topological polar surface area (TPSA) is 59.1 Å². The molecule has 2 heterocycles. The van der Waals surface area contributed by atoms with E-state index in [0.717, 1.165) is 12.0 Å². The molecule has 182 valence electrons. The SMILES string of the molecule is C=CCN(CC(=O)N1CCc2sccc2C1COc1cccc(OC)c1)C(=O)c1ccc(F)cc1. The Balaban J connectivity index is 1.52. The lowest BCUT2D eigenvalue weighted by Crippen LogP contribution is -2.47. The second-order valence-corrected chi connectivity index (χ2v) is 9.12. The van der Waals surface area contributed by atoms with Crippen molar-refractivity contribution >= 4 is 23.2 Å². The van der Waals surface area contributed by atoms with Gasteiger partial charge in [0.05, 0.1) is 13.2 Å². The summed E-state index contributed by atoms with van der Waals surface area (Å²) in [5, 5.41) is 2.03. The highest BCUT2D eigenvalue weighted by molar-refractivity contribution is 7.10. The fourth-order valence-electron chi connectivity index (χ4n) is 4.14.